The maximum atomic E-state index is 6.22. The molecule has 1 N–H and O–H groups in total. The molecule has 1 aromatic carbocycles. The van der Waals surface area contributed by atoms with Gasteiger partial charge in [-0.05, 0) is 25.5 Å². The molecule has 2 aromatic rings. The Labute approximate surface area is 104 Å². The normalized spacial score (nSPS) is 12.4. The highest BCUT2D eigenvalue weighted by Crippen LogP contribution is 2.29. The third-order valence-corrected chi connectivity index (χ3v) is 3.90. The number of hydrogen-bond donors (Lipinski definition) is 1. The quantitative estimate of drug-likeness (QED) is 0.882. The number of anilines is 1. The monoisotopic (exact) mass is 252 g/mol. The van der Waals surface area contributed by atoms with Gasteiger partial charge in [0, 0.05) is 11.1 Å². The van der Waals surface area contributed by atoms with Gasteiger partial charge in [0.25, 0.3) is 0 Å². The Morgan fingerprint density at radius 1 is 1.44 bits per heavy atom. The fourth-order valence-corrected chi connectivity index (χ4v) is 2.31. The predicted molar refractivity (Wildman–Crippen MR) is 70.3 cm³/mol. The summed E-state index contributed by atoms with van der Waals surface area (Å²) in [5, 5.41) is 4.18. The first-order valence-electron chi connectivity index (χ1n) is 5.08. The smallest absolute Gasteiger partial charge is 0.0795 e. The van der Waals surface area contributed by atoms with Gasteiger partial charge in [-0.2, -0.15) is 0 Å². The molecule has 1 heterocycles. The maximum Gasteiger partial charge on any atom is 0.0795 e. The summed E-state index contributed by atoms with van der Waals surface area (Å²) in [7, 11) is 0. The summed E-state index contributed by atoms with van der Waals surface area (Å²) >= 11 is 7.87. The Kier molecular flexibility index (Phi) is 3.46. The zero-order valence-corrected chi connectivity index (χ0v) is 10.8. The summed E-state index contributed by atoms with van der Waals surface area (Å²) in [6.07, 6.45) is 1.88. The van der Waals surface area contributed by atoms with E-state index in [2.05, 4.69) is 17.2 Å². The molecule has 84 valence electrons. The minimum Gasteiger partial charge on any atom is -0.376 e. The van der Waals surface area contributed by atoms with Crippen LogP contribution >= 0.6 is 22.9 Å². The number of hydrogen-bond acceptors (Lipinski definition) is 3. The number of rotatable bonds is 3. The van der Waals surface area contributed by atoms with E-state index in [0.717, 1.165) is 16.3 Å². The molecule has 2 rings (SSSR count). The number of halogens is 1. The average Bonchev–Trinajstić information content (AvgIpc) is 2.78. The van der Waals surface area contributed by atoms with Crippen LogP contribution in [-0.2, 0) is 0 Å². The molecule has 1 unspecified atom stereocenters. The fraction of sp³-hybridized carbons (Fsp3) is 0.250. The number of thiazole rings is 1. The molecular formula is C12H13ClN2S. The molecular weight excluding hydrogens is 240 g/mol. The minimum absolute atomic E-state index is 0.229. The number of aryl methyl sites for hydroxylation is 1. The molecule has 0 aliphatic carbocycles. The Morgan fingerprint density at radius 2 is 2.25 bits per heavy atom. The molecule has 0 amide bonds. The van der Waals surface area contributed by atoms with Crippen molar-refractivity contribution in [2.75, 3.05) is 5.32 Å². The van der Waals surface area contributed by atoms with Crippen LogP contribution in [0, 0.1) is 6.92 Å². The van der Waals surface area contributed by atoms with Crippen molar-refractivity contribution in [2.45, 2.75) is 19.9 Å². The SMILES string of the molecule is Cc1cccc(NC(C)c2cncs2)c1Cl. The van der Waals surface area contributed by atoms with Crippen molar-refractivity contribution >= 4 is 28.6 Å². The Hall–Kier alpha value is -1.06. The zero-order chi connectivity index (χ0) is 11.5. The highest BCUT2D eigenvalue weighted by atomic mass is 35.5. The van der Waals surface area contributed by atoms with Gasteiger partial charge in [0.2, 0.25) is 0 Å². The summed E-state index contributed by atoms with van der Waals surface area (Å²) in [5.41, 5.74) is 3.90. The van der Waals surface area contributed by atoms with Crippen molar-refractivity contribution in [1.82, 2.24) is 4.98 Å². The van der Waals surface area contributed by atoms with Gasteiger partial charge in [0.15, 0.2) is 0 Å². The average molecular weight is 253 g/mol. The van der Waals surface area contributed by atoms with Gasteiger partial charge < -0.3 is 5.32 Å². The van der Waals surface area contributed by atoms with Gasteiger partial charge in [-0.1, -0.05) is 23.7 Å². The van der Waals surface area contributed by atoms with Crippen molar-refractivity contribution < 1.29 is 0 Å². The summed E-state index contributed by atoms with van der Waals surface area (Å²) < 4.78 is 0. The van der Waals surface area contributed by atoms with Crippen LogP contribution in [0.15, 0.2) is 29.9 Å². The van der Waals surface area contributed by atoms with Crippen LogP contribution in [0.2, 0.25) is 5.02 Å². The first-order valence-corrected chi connectivity index (χ1v) is 6.34. The third-order valence-electron chi connectivity index (χ3n) is 2.44. The van der Waals surface area contributed by atoms with Gasteiger partial charge in [0.05, 0.1) is 22.3 Å². The lowest BCUT2D eigenvalue weighted by molar-refractivity contribution is 0.903. The number of nitrogens with zero attached hydrogens (tertiary/aromatic N) is 1. The molecule has 0 saturated heterocycles. The highest BCUT2D eigenvalue weighted by molar-refractivity contribution is 7.09. The maximum absolute atomic E-state index is 6.22. The van der Waals surface area contributed by atoms with Crippen LogP contribution in [0.1, 0.15) is 23.4 Å². The van der Waals surface area contributed by atoms with Gasteiger partial charge in [-0.25, -0.2) is 0 Å². The molecule has 0 bridgehead atoms. The number of aromatic nitrogens is 1. The second-order valence-electron chi connectivity index (χ2n) is 3.71. The molecule has 1 aromatic heterocycles. The fourth-order valence-electron chi connectivity index (χ4n) is 1.50. The van der Waals surface area contributed by atoms with Crippen LogP contribution in [0.4, 0.5) is 5.69 Å². The Balaban J connectivity index is 2.18. The van der Waals surface area contributed by atoms with Crippen molar-refractivity contribution in [2.24, 2.45) is 0 Å². The van der Waals surface area contributed by atoms with Gasteiger partial charge in [-0.15, -0.1) is 11.3 Å². The van der Waals surface area contributed by atoms with Gasteiger partial charge >= 0.3 is 0 Å². The molecule has 0 saturated carbocycles. The number of benzene rings is 1. The van der Waals surface area contributed by atoms with Crippen LogP contribution in [0.5, 0.6) is 0 Å². The van der Waals surface area contributed by atoms with Crippen molar-refractivity contribution in [1.29, 1.82) is 0 Å². The summed E-state index contributed by atoms with van der Waals surface area (Å²) in [6.45, 7) is 4.11. The van der Waals surface area contributed by atoms with E-state index in [1.165, 1.54) is 4.88 Å². The van der Waals surface area contributed by atoms with Crippen LogP contribution in [0.3, 0.4) is 0 Å². The summed E-state index contributed by atoms with van der Waals surface area (Å²) in [6, 6.07) is 6.23. The van der Waals surface area contributed by atoms with Crippen LogP contribution in [0.25, 0.3) is 0 Å². The molecule has 16 heavy (non-hydrogen) atoms. The minimum atomic E-state index is 0.229. The molecule has 0 aliphatic rings. The van der Waals surface area contributed by atoms with Crippen molar-refractivity contribution in [3.8, 4) is 0 Å². The molecule has 4 heteroatoms. The zero-order valence-electron chi connectivity index (χ0n) is 9.20. The van der Waals surface area contributed by atoms with E-state index < -0.39 is 0 Å². The van der Waals surface area contributed by atoms with E-state index >= 15 is 0 Å². The molecule has 0 aliphatic heterocycles. The first-order chi connectivity index (χ1) is 7.68. The van der Waals surface area contributed by atoms with E-state index in [-0.39, 0.29) is 6.04 Å². The number of nitrogens with one attached hydrogen (secondary N) is 1. The lowest BCUT2D eigenvalue weighted by Gasteiger charge is -2.15. The molecule has 0 radical (unpaired) electrons. The lowest BCUT2D eigenvalue weighted by Crippen LogP contribution is -2.05. The first kappa shape index (κ1) is 11.4. The topological polar surface area (TPSA) is 24.9 Å². The standard InChI is InChI=1S/C12H13ClN2S/c1-8-4-3-5-10(12(8)13)15-9(2)11-6-14-7-16-11/h3-7,9,15H,1-2H3. The summed E-state index contributed by atoms with van der Waals surface area (Å²) in [4.78, 5) is 5.28. The third kappa shape index (κ3) is 2.36. The second kappa shape index (κ2) is 4.85. The Bertz CT molecular complexity index is 468. The van der Waals surface area contributed by atoms with Gasteiger partial charge in [0.1, 0.15) is 0 Å². The van der Waals surface area contributed by atoms with E-state index in [4.69, 9.17) is 11.6 Å². The van der Waals surface area contributed by atoms with Gasteiger partial charge in [-0.3, -0.25) is 4.98 Å². The van der Waals surface area contributed by atoms with Crippen LogP contribution in [-0.4, -0.2) is 4.98 Å². The molecule has 2 nitrogen and oxygen atoms in total. The Morgan fingerprint density at radius 3 is 2.94 bits per heavy atom. The van der Waals surface area contributed by atoms with Crippen LogP contribution < -0.4 is 5.32 Å². The van der Waals surface area contributed by atoms with E-state index in [0.29, 0.717) is 0 Å². The van der Waals surface area contributed by atoms with E-state index in [1.54, 1.807) is 11.3 Å². The summed E-state index contributed by atoms with van der Waals surface area (Å²) in [5.74, 6) is 0. The predicted octanol–water partition coefficient (Wildman–Crippen LogP) is 4.28. The molecule has 0 spiro atoms. The largest absolute Gasteiger partial charge is 0.376 e. The molecule has 0 fully saturated rings. The van der Waals surface area contributed by atoms with E-state index in [1.807, 2.05) is 36.8 Å². The van der Waals surface area contributed by atoms with Crippen molar-refractivity contribution in [3.63, 3.8) is 0 Å². The van der Waals surface area contributed by atoms with E-state index in [9.17, 15) is 0 Å². The second-order valence-corrected chi connectivity index (χ2v) is 5.00. The lowest BCUT2D eigenvalue weighted by atomic mass is 10.2. The highest BCUT2D eigenvalue weighted by Gasteiger charge is 2.09. The molecule has 1 atom stereocenters. The van der Waals surface area contributed by atoms with Crippen molar-refractivity contribution in [3.05, 3.63) is 45.4 Å².